The molecule has 2 aromatic carbocycles. The first-order valence-corrected chi connectivity index (χ1v) is 11.0. The summed E-state index contributed by atoms with van der Waals surface area (Å²) in [6.45, 7) is 4.92. The Hall–Kier alpha value is -2.97. The average molecular weight is 481 g/mol. The van der Waals surface area contributed by atoms with Gasteiger partial charge in [-0.15, -0.1) is 0 Å². The van der Waals surface area contributed by atoms with Crippen LogP contribution in [0.1, 0.15) is 16.7 Å². The molecular formula is C23H25BrN6O. The molecule has 31 heavy (non-hydrogen) atoms. The molecule has 0 spiro atoms. The Bertz CT molecular complexity index is 1020. The van der Waals surface area contributed by atoms with Crippen LogP contribution in [0.2, 0.25) is 0 Å². The summed E-state index contributed by atoms with van der Waals surface area (Å²) in [7, 11) is 0. The molecule has 7 nitrogen and oxygen atoms in total. The summed E-state index contributed by atoms with van der Waals surface area (Å²) in [5, 5.41) is 7.93. The number of nitrogen functional groups attached to an aromatic ring is 1. The van der Waals surface area contributed by atoms with Gasteiger partial charge in [0.05, 0.1) is 5.56 Å². The molecule has 1 saturated heterocycles. The minimum Gasteiger partial charge on any atom is -0.489 e. The Morgan fingerprint density at radius 3 is 2.35 bits per heavy atom. The van der Waals surface area contributed by atoms with Gasteiger partial charge in [0.1, 0.15) is 34.9 Å². The molecule has 0 atom stereocenters. The molecule has 0 amide bonds. The number of rotatable bonds is 7. The van der Waals surface area contributed by atoms with E-state index in [-0.39, 0.29) is 4.62 Å². The molecule has 160 valence electrons. The van der Waals surface area contributed by atoms with Crippen LogP contribution in [-0.2, 0) is 13.2 Å². The van der Waals surface area contributed by atoms with Gasteiger partial charge in [0, 0.05) is 32.7 Å². The maximum atomic E-state index is 7.93. The highest BCUT2D eigenvalue weighted by Crippen LogP contribution is 2.25. The molecular weight excluding hydrogens is 456 g/mol. The molecule has 8 heteroatoms. The molecule has 0 unspecified atom stereocenters. The highest BCUT2D eigenvalue weighted by atomic mass is 79.9. The average Bonchev–Trinajstić information content (AvgIpc) is 2.79. The number of halogens is 1. The fourth-order valence-electron chi connectivity index (χ4n) is 3.65. The zero-order valence-corrected chi connectivity index (χ0v) is 18.8. The zero-order valence-electron chi connectivity index (χ0n) is 17.2. The number of anilines is 2. The standard InChI is InChI=1S/C23H25BrN6O/c24-21(25)20-22(26)27-16-28-23(20)30-12-10-29(11-13-30)14-17-6-8-19(9-7-17)31-15-18-4-2-1-3-5-18/h1-9,16,25H,10-15H2,(H2,26,27,28). The minimum atomic E-state index is 0.206. The van der Waals surface area contributed by atoms with E-state index in [1.54, 1.807) is 0 Å². The number of piperazine rings is 1. The van der Waals surface area contributed by atoms with E-state index in [1.807, 2.05) is 30.3 Å². The van der Waals surface area contributed by atoms with Gasteiger partial charge in [-0.05, 0) is 39.2 Å². The molecule has 0 radical (unpaired) electrons. The van der Waals surface area contributed by atoms with Crippen molar-refractivity contribution in [3.05, 3.63) is 77.6 Å². The number of hydrogen-bond donors (Lipinski definition) is 2. The molecule has 0 aliphatic carbocycles. The maximum Gasteiger partial charge on any atom is 0.144 e. The second-order valence-electron chi connectivity index (χ2n) is 7.45. The molecule has 1 aromatic heterocycles. The first kappa shape index (κ1) is 21.3. The van der Waals surface area contributed by atoms with Crippen LogP contribution in [0, 0.1) is 5.41 Å². The van der Waals surface area contributed by atoms with Crippen molar-refractivity contribution in [3.8, 4) is 5.75 Å². The van der Waals surface area contributed by atoms with E-state index in [9.17, 15) is 0 Å². The first-order valence-electron chi connectivity index (χ1n) is 10.2. The fraction of sp³-hybridized carbons (Fsp3) is 0.261. The largest absolute Gasteiger partial charge is 0.489 e. The van der Waals surface area contributed by atoms with Gasteiger partial charge in [0.15, 0.2) is 0 Å². The third-order valence-corrected chi connectivity index (χ3v) is 5.72. The van der Waals surface area contributed by atoms with Gasteiger partial charge in [-0.1, -0.05) is 42.5 Å². The summed E-state index contributed by atoms with van der Waals surface area (Å²) in [6, 6.07) is 18.5. The van der Waals surface area contributed by atoms with Crippen LogP contribution in [0.15, 0.2) is 60.9 Å². The highest BCUT2D eigenvalue weighted by molar-refractivity contribution is 9.18. The molecule has 1 fully saturated rings. The van der Waals surface area contributed by atoms with Crippen molar-refractivity contribution in [1.82, 2.24) is 14.9 Å². The summed E-state index contributed by atoms with van der Waals surface area (Å²) in [4.78, 5) is 13.0. The molecule has 3 aromatic rings. The normalized spacial score (nSPS) is 14.4. The van der Waals surface area contributed by atoms with Crippen LogP contribution in [0.5, 0.6) is 5.75 Å². The van der Waals surface area contributed by atoms with Gasteiger partial charge < -0.3 is 15.4 Å². The van der Waals surface area contributed by atoms with Crippen LogP contribution in [-0.4, -0.2) is 45.7 Å². The Morgan fingerprint density at radius 2 is 1.68 bits per heavy atom. The lowest BCUT2D eigenvalue weighted by molar-refractivity contribution is 0.249. The van der Waals surface area contributed by atoms with E-state index in [2.05, 4.69) is 60.0 Å². The van der Waals surface area contributed by atoms with Crippen molar-refractivity contribution in [2.75, 3.05) is 36.8 Å². The maximum absolute atomic E-state index is 7.93. The minimum absolute atomic E-state index is 0.206. The SMILES string of the molecule is N=C(Br)c1c(N)ncnc1N1CCN(Cc2ccc(OCc3ccccc3)cc2)CC1. The van der Waals surface area contributed by atoms with Gasteiger partial charge in [-0.2, -0.15) is 0 Å². The van der Waals surface area contributed by atoms with E-state index >= 15 is 0 Å². The summed E-state index contributed by atoms with van der Waals surface area (Å²) < 4.78 is 6.08. The molecule has 4 rings (SSSR count). The van der Waals surface area contributed by atoms with Crippen molar-refractivity contribution in [2.24, 2.45) is 0 Å². The van der Waals surface area contributed by atoms with Crippen LogP contribution in [0.3, 0.4) is 0 Å². The van der Waals surface area contributed by atoms with Crippen LogP contribution < -0.4 is 15.4 Å². The van der Waals surface area contributed by atoms with Crippen molar-refractivity contribution in [2.45, 2.75) is 13.2 Å². The van der Waals surface area contributed by atoms with Crippen LogP contribution in [0.25, 0.3) is 0 Å². The van der Waals surface area contributed by atoms with Crippen LogP contribution in [0.4, 0.5) is 11.6 Å². The Kier molecular flexibility index (Phi) is 6.79. The number of aromatic nitrogens is 2. The van der Waals surface area contributed by atoms with Gasteiger partial charge in [0.25, 0.3) is 0 Å². The third-order valence-electron chi connectivity index (χ3n) is 5.33. The Morgan fingerprint density at radius 1 is 0.968 bits per heavy atom. The van der Waals surface area contributed by atoms with E-state index in [0.717, 1.165) is 44.0 Å². The van der Waals surface area contributed by atoms with E-state index in [4.69, 9.17) is 15.9 Å². The number of nitrogens with two attached hydrogens (primary N) is 1. The molecule has 1 aliphatic rings. The molecule has 2 heterocycles. The van der Waals surface area contributed by atoms with Gasteiger partial charge >= 0.3 is 0 Å². The van der Waals surface area contributed by atoms with Crippen molar-refractivity contribution in [1.29, 1.82) is 5.41 Å². The number of nitrogens with one attached hydrogen (secondary N) is 1. The molecule has 3 N–H and O–H groups in total. The second kappa shape index (κ2) is 9.89. The monoisotopic (exact) mass is 480 g/mol. The highest BCUT2D eigenvalue weighted by Gasteiger charge is 2.23. The Labute approximate surface area is 190 Å². The smallest absolute Gasteiger partial charge is 0.144 e. The molecule has 0 bridgehead atoms. The quantitative estimate of drug-likeness (QED) is 0.501. The number of ether oxygens (including phenoxy) is 1. The zero-order chi connectivity index (χ0) is 21.6. The third kappa shape index (κ3) is 5.39. The van der Waals surface area contributed by atoms with Crippen molar-refractivity contribution >= 4 is 32.2 Å². The van der Waals surface area contributed by atoms with Crippen molar-refractivity contribution < 1.29 is 4.74 Å². The second-order valence-corrected chi connectivity index (χ2v) is 8.25. The van der Waals surface area contributed by atoms with Crippen molar-refractivity contribution in [3.63, 3.8) is 0 Å². The lowest BCUT2D eigenvalue weighted by Gasteiger charge is -2.36. The summed E-state index contributed by atoms with van der Waals surface area (Å²) in [5.41, 5.74) is 8.93. The predicted molar refractivity (Wildman–Crippen MR) is 127 cm³/mol. The van der Waals surface area contributed by atoms with Gasteiger partial charge in [0.2, 0.25) is 0 Å². The number of hydrogen-bond acceptors (Lipinski definition) is 7. The Balaban J connectivity index is 1.30. The van der Waals surface area contributed by atoms with Crippen LogP contribution >= 0.6 is 15.9 Å². The number of benzene rings is 2. The summed E-state index contributed by atoms with van der Waals surface area (Å²) in [5.74, 6) is 1.92. The predicted octanol–water partition coefficient (Wildman–Crippen LogP) is 3.68. The lowest BCUT2D eigenvalue weighted by Crippen LogP contribution is -2.46. The first-order chi connectivity index (χ1) is 15.1. The molecule has 0 saturated carbocycles. The topological polar surface area (TPSA) is 91.4 Å². The van der Waals surface area contributed by atoms with E-state index < -0.39 is 0 Å². The van der Waals surface area contributed by atoms with E-state index in [0.29, 0.717) is 23.8 Å². The van der Waals surface area contributed by atoms with Gasteiger partial charge in [-0.3, -0.25) is 10.3 Å². The van der Waals surface area contributed by atoms with Gasteiger partial charge in [-0.25, -0.2) is 9.97 Å². The summed E-state index contributed by atoms with van der Waals surface area (Å²) >= 11 is 3.21. The number of nitrogens with zero attached hydrogens (tertiary/aromatic N) is 4. The fourth-order valence-corrected chi connectivity index (χ4v) is 4.03. The summed E-state index contributed by atoms with van der Waals surface area (Å²) in [6.07, 6.45) is 1.46. The lowest BCUT2D eigenvalue weighted by atomic mass is 10.2. The molecule has 1 aliphatic heterocycles. The van der Waals surface area contributed by atoms with E-state index in [1.165, 1.54) is 11.9 Å².